The number of carbonyl (C=O) groups is 2. The van der Waals surface area contributed by atoms with E-state index >= 15 is 0 Å². The van der Waals surface area contributed by atoms with Crippen LogP contribution >= 0.6 is 0 Å². The summed E-state index contributed by atoms with van der Waals surface area (Å²) >= 11 is 0. The first kappa shape index (κ1) is 16.0. The molecule has 2 aliphatic rings. The van der Waals surface area contributed by atoms with E-state index in [1.165, 1.54) is 0 Å². The number of hydrogen-bond donors (Lipinski definition) is 0. The molecule has 0 aromatic heterocycles. The highest BCUT2D eigenvalue weighted by Crippen LogP contribution is 2.25. The van der Waals surface area contributed by atoms with Crippen molar-refractivity contribution in [1.82, 2.24) is 9.80 Å². The van der Waals surface area contributed by atoms with Gasteiger partial charge in [-0.3, -0.25) is 9.59 Å². The minimum atomic E-state index is -0.0719. The molecule has 1 aromatic carbocycles. The average Bonchev–Trinajstić information content (AvgIpc) is 2.98. The third kappa shape index (κ3) is 3.91. The number of ether oxygens (including phenoxy) is 1. The number of likely N-dealkylation sites (tertiary alicyclic amines) is 1. The first-order valence-corrected chi connectivity index (χ1v) is 8.39. The Morgan fingerprint density at radius 2 is 2.04 bits per heavy atom. The molecule has 1 aromatic rings. The number of nitrogens with zero attached hydrogens (tertiary/aromatic N) is 2. The summed E-state index contributed by atoms with van der Waals surface area (Å²) in [6, 6.07) is 10.0. The zero-order valence-electron chi connectivity index (χ0n) is 13.6. The molecule has 0 radical (unpaired) electrons. The van der Waals surface area contributed by atoms with Crippen LogP contribution in [0.1, 0.15) is 37.9 Å². The predicted molar refractivity (Wildman–Crippen MR) is 86.7 cm³/mol. The molecule has 0 spiro atoms. The first-order valence-electron chi connectivity index (χ1n) is 8.39. The summed E-state index contributed by atoms with van der Waals surface area (Å²) in [6.45, 7) is 4.54. The molecule has 5 nitrogen and oxygen atoms in total. The van der Waals surface area contributed by atoms with Crippen molar-refractivity contribution in [3.05, 3.63) is 35.9 Å². The van der Waals surface area contributed by atoms with Crippen molar-refractivity contribution in [3.8, 4) is 0 Å². The smallest absolute Gasteiger partial charge is 0.224 e. The Morgan fingerprint density at radius 1 is 1.26 bits per heavy atom. The van der Waals surface area contributed by atoms with Crippen molar-refractivity contribution in [2.45, 2.75) is 38.4 Å². The Kier molecular flexibility index (Phi) is 4.96. The van der Waals surface area contributed by atoms with Crippen molar-refractivity contribution < 1.29 is 14.3 Å². The fourth-order valence-corrected chi connectivity index (χ4v) is 3.34. The summed E-state index contributed by atoms with van der Waals surface area (Å²) in [5.41, 5.74) is 1.10. The van der Waals surface area contributed by atoms with Crippen molar-refractivity contribution in [2.24, 2.45) is 0 Å². The number of benzene rings is 1. The Morgan fingerprint density at radius 3 is 2.74 bits per heavy atom. The lowest BCUT2D eigenvalue weighted by molar-refractivity contribution is -0.145. The van der Waals surface area contributed by atoms with Crippen LogP contribution < -0.4 is 0 Å². The van der Waals surface area contributed by atoms with Gasteiger partial charge in [0.05, 0.1) is 12.6 Å². The van der Waals surface area contributed by atoms with Crippen molar-refractivity contribution >= 4 is 11.8 Å². The fraction of sp³-hybridized carbons (Fsp3) is 0.556. The van der Waals surface area contributed by atoms with Gasteiger partial charge < -0.3 is 14.5 Å². The molecule has 2 unspecified atom stereocenters. The molecule has 2 amide bonds. The maximum Gasteiger partial charge on any atom is 0.224 e. The van der Waals surface area contributed by atoms with Gasteiger partial charge in [0.1, 0.15) is 6.10 Å². The second kappa shape index (κ2) is 7.13. The van der Waals surface area contributed by atoms with E-state index in [1.807, 2.05) is 42.2 Å². The molecule has 2 atom stereocenters. The van der Waals surface area contributed by atoms with Crippen LogP contribution in [0.3, 0.4) is 0 Å². The van der Waals surface area contributed by atoms with Crippen molar-refractivity contribution in [2.75, 3.05) is 26.2 Å². The first-order chi connectivity index (χ1) is 11.1. The van der Waals surface area contributed by atoms with E-state index in [1.54, 1.807) is 4.90 Å². The van der Waals surface area contributed by atoms with Gasteiger partial charge in [-0.2, -0.15) is 0 Å². The van der Waals surface area contributed by atoms with Gasteiger partial charge >= 0.3 is 0 Å². The second-order valence-corrected chi connectivity index (χ2v) is 6.38. The topological polar surface area (TPSA) is 49.9 Å². The second-order valence-electron chi connectivity index (χ2n) is 6.38. The van der Waals surface area contributed by atoms with Crippen LogP contribution in [0.15, 0.2) is 30.3 Å². The summed E-state index contributed by atoms with van der Waals surface area (Å²) in [6.07, 6.45) is 1.89. The predicted octanol–water partition coefficient (Wildman–Crippen LogP) is 1.99. The summed E-state index contributed by atoms with van der Waals surface area (Å²) < 4.78 is 5.99. The van der Waals surface area contributed by atoms with Crippen LogP contribution in [0.5, 0.6) is 0 Å². The molecule has 0 aliphatic carbocycles. The minimum absolute atomic E-state index is 0.0197. The molecule has 23 heavy (non-hydrogen) atoms. The lowest BCUT2D eigenvalue weighted by Crippen LogP contribution is -2.46. The van der Waals surface area contributed by atoms with Crippen LogP contribution in [-0.2, 0) is 14.3 Å². The van der Waals surface area contributed by atoms with Crippen LogP contribution in [-0.4, -0.2) is 53.9 Å². The number of morpholine rings is 1. The van der Waals surface area contributed by atoms with Crippen molar-refractivity contribution in [1.29, 1.82) is 0 Å². The molecule has 2 fully saturated rings. The fourth-order valence-electron chi connectivity index (χ4n) is 3.34. The van der Waals surface area contributed by atoms with E-state index in [9.17, 15) is 9.59 Å². The van der Waals surface area contributed by atoms with Gasteiger partial charge in [0.25, 0.3) is 0 Å². The monoisotopic (exact) mass is 316 g/mol. The maximum atomic E-state index is 12.5. The van der Waals surface area contributed by atoms with E-state index in [2.05, 4.69) is 0 Å². The van der Waals surface area contributed by atoms with E-state index in [0.29, 0.717) is 32.5 Å². The maximum absolute atomic E-state index is 12.5. The molecule has 2 saturated heterocycles. The molecule has 124 valence electrons. The summed E-state index contributed by atoms with van der Waals surface area (Å²) in [4.78, 5) is 27.8. The van der Waals surface area contributed by atoms with Gasteiger partial charge in [0, 0.05) is 32.5 Å². The number of amides is 2. The van der Waals surface area contributed by atoms with Gasteiger partial charge in [-0.25, -0.2) is 0 Å². The van der Waals surface area contributed by atoms with E-state index in [-0.39, 0.29) is 24.0 Å². The zero-order valence-corrected chi connectivity index (χ0v) is 13.6. The highest BCUT2D eigenvalue weighted by Gasteiger charge is 2.30. The molecule has 2 heterocycles. The molecule has 0 N–H and O–H groups in total. The Hall–Kier alpha value is -1.88. The largest absolute Gasteiger partial charge is 0.367 e. The minimum Gasteiger partial charge on any atom is -0.367 e. The highest BCUT2D eigenvalue weighted by molar-refractivity contribution is 5.80. The number of carbonyl (C=O) groups excluding carboxylic acids is 2. The molecule has 5 heteroatoms. The molecule has 0 saturated carbocycles. The normalized spacial score (nSPS) is 25.0. The molecular weight excluding hydrogens is 292 g/mol. The van der Waals surface area contributed by atoms with Gasteiger partial charge in [0.2, 0.25) is 11.8 Å². The van der Waals surface area contributed by atoms with Gasteiger partial charge in [-0.1, -0.05) is 30.3 Å². The van der Waals surface area contributed by atoms with Crippen molar-refractivity contribution in [3.63, 3.8) is 0 Å². The molecule has 0 bridgehead atoms. The zero-order chi connectivity index (χ0) is 16.2. The summed E-state index contributed by atoms with van der Waals surface area (Å²) in [7, 11) is 0. The quantitative estimate of drug-likeness (QED) is 0.853. The molecule has 3 rings (SSSR count). The van der Waals surface area contributed by atoms with Crippen LogP contribution in [0.4, 0.5) is 0 Å². The van der Waals surface area contributed by atoms with Gasteiger partial charge in [-0.05, 0) is 18.9 Å². The lowest BCUT2D eigenvalue weighted by Gasteiger charge is -2.37. The third-order valence-corrected chi connectivity index (χ3v) is 4.55. The summed E-state index contributed by atoms with van der Waals surface area (Å²) in [5.74, 6) is 0.288. The van der Waals surface area contributed by atoms with E-state index in [0.717, 1.165) is 18.5 Å². The van der Waals surface area contributed by atoms with E-state index in [4.69, 9.17) is 4.74 Å². The van der Waals surface area contributed by atoms with Gasteiger partial charge in [-0.15, -0.1) is 0 Å². The molecular formula is C18H24N2O3. The SMILES string of the molecule is CC1CN(C(=O)CCN2CCCC2=O)CC(c2ccccc2)O1. The van der Waals surface area contributed by atoms with Crippen LogP contribution in [0.2, 0.25) is 0 Å². The number of rotatable bonds is 4. The average molecular weight is 316 g/mol. The Bertz CT molecular complexity index is 561. The third-order valence-electron chi connectivity index (χ3n) is 4.55. The lowest BCUT2D eigenvalue weighted by atomic mass is 10.1. The van der Waals surface area contributed by atoms with Crippen LogP contribution in [0, 0.1) is 0 Å². The van der Waals surface area contributed by atoms with Crippen LogP contribution in [0.25, 0.3) is 0 Å². The molecule has 2 aliphatic heterocycles. The van der Waals surface area contributed by atoms with Gasteiger partial charge in [0.15, 0.2) is 0 Å². The summed E-state index contributed by atoms with van der Waals surface area (Å²) in [5, 5.41) is 0. The van der Waals surface area contributed by atoms with E-state index < -0.39 is 0 Å². The number of hydrogen-bond acceptors (Lipinski definition) is 3. The Labute approximate surface area is 137 Å². The standard InChI is InChI=1S/C18H24N2O3/c1-14-12-20(13-16(23-14)15-6-3-2-4-7-15)18(22)9-11-19-10-5-8-17(19)21/h2-4,6-7,14,16H,5,8-13H2,1H3. The highest BCUT2D eigenvalue weighted by atomic mass is 16.5. The Balaban J connectivity index is 1.58.